The third-order valence-electron chi connectivity index (χ3n) is 7.02. The largest absolute Gasteiger partial charge is 0.368 e. The van der Waals surface area contributed by atoms with Crippen LogP contribution in [0.2, 0.25) is 0 Å². The molecule has 0 radical (unpaired) electrons. The van der Waals surface area contributed by atoms with Crippen LogP contribution in [0.25, 0.3) is 11.1 Å². The molecule has 1 spiro atoms. The third-order valence-corrected chi connectivity index (χ3v) is 7.02. The van der Waals surface area contributed by atoms with Gasteiger partial charge in [-0.1, -0.05) is 25.1 Å². The highest BCUT2D eigenvalue weighted by Crippen LogP contribution is 2.45. The monoisotopic (exact) mass is 437 g/mol. The molecule has 3 atom stereocenters. The number of imide groups is 1. The Bertz CT molecular complexity index is 1280. The number of aromatic nitrogens is 2. The van der Waals surface area contributed by atoms with Gasteiger partial charge in [0.25, 0.3) is 11.5 Å². The predicted octanol–water partition coefficient (Wildman–Crippen LogP) is 0.324. The van der Waals surface area contributed by atoms with Crippen molar-refractivity contribution in [3.8, 4) is 11.1 Å². The van der Waals surface area contributed by atoms with E-state index in [-0.39, 0.29) is 11.8 Å². The van der Waals surface area contributed by atoms with Crippen LogP contribution in [0.4, 0.5) is 4.79 Å². The number of amides is 4. The molecule has 1 saturated carbocycles. The summed E-state index contributed by atoms with van der Waals surface area (Å²) in [7, 11) is 0. The normalized spacial score (nSPS) is 23.8. The number of aryl methyl sites for hydroxylation is 1. The lowest BCUT2D eigenvalue weighted by Crippen LogP contribution is -2.53. The van der Waals surface area contributed by atoms with Gasteiger partial charge in [-0.05, 0) is 54.2 Å². The predicted molar refractivity (Wildman–Crippen MR) is 113 cm³/mol. The lowest BCUT2D eigenvalue weighted by molar-refractivity contribution is -0.139. The maximum Gasteiger partial charge on any atom is 0.326 e. The number of hydrogen-bond acceptors (Lipinski definition) is 5. The molecule has 1 aromatic heterocycles. The van der Waals surface area contributed by atoms with Crippen LogP contribution in [0.1, 0.15) is 37.3 Å². The average Bonchev–Trinajstić information content (AvgIpc) is 3.49. The summed E-state index contributed by atoms with van der Waals surface area (Å²) in [5, 5.41) is 2.83. The average molecular weight is 437 g/mol. The molecule has 4 amide bonds. The summed E-state index contributed by atoms with van der Waals surface area (Å²) < 4.78 is 0. The minimum absolute atomic E-state index is 0.201. The molecule has 1 saturated heterocycles. The molecule has 3 aliphatic rings. The summed E-state index contributed by atoms with van der Waals surface area (Å²) in [6.45, 7) is 1.86. The van der Waals surface area contributed by atoms with Gasteiger partial charge in [-0.2, -0.15) is 0 Å². The topological polar surface area (TPSA) is 158 Å². The number of carbonyl (C=O) groups excluding carboxylic acids is 3. The molecule has 2 heterocycles. The summed E-state index contributed by atoms with van der Waals surface area (Å²) in [6, 6.07) is 3.58. The van der Waals surface area contributed by atoms with Crippen LogP contribution < -0.4 is 22.3 Å². The molecule has 1 aliphatic heterocycles. The highest BCUT2D eigenvalue weighted by Gasteiger charge is 2.59. The summed E-state index contributed by atoms with van der Waals surface area (Å²) in [5.74, 6) is -1.07. The lowest BCUT2D eigenvalue weighted by Gasteiger charge is -2.29. The SMILES string of the molecule is C[C@@H](C1CC1)C(C(N)=O)N1C(=O)NC2(CCc3cc(-c4c[nH]c(=O)[nH]c4=O)ccc32)C1=O. The number of urea groups is 1. The third kappa shape index (κ3) is 2.89. The molecule has 10 nitrogen and oxygen atoms in total. The van der Waals surface area contributed by atoms with Crippen molar-refractivity contribution in [3.63, 3.8) is 0 Å². The van der Waals surface area contributed by atoms with Crippen molar-refractivity contribution in [2.75, 3.05) is 0 Å². The minimum Gasteiger partial charge on any atom is -0.368 e. The van der Waals surface area contributed by atoms with E-state index in [4.69, 9.17) is 5.73 Å². The van der Waals surface area contributed by atoms with Gasteiger partial charge in [0.2, 0.25) is 5.91 Å². The molecule has 2 aromatic rings. The first-order chi connectivity index (χ1) is 15.2. The highest BCUT2D eigenvalue weighted by atomic mass is 16.2. The van der Waals surface area contributed by atoms with E-state index < -0.39 is 40.7 Å². The number of carbonyl (C=O) groups is 3. The molecule has 32 heavy (non-hydrogen) atoms. The second-order valence-electron chi connectivity index (χ2n) is 8.91. The molecule has 5 N–H and O–H groups in total. The Labute approximate surface area is 182 Å². The number of benzene rings is 1. The zero-order chi connectivity index (χ0) is 22.8. The summed E-state index contributed by atoms with van der Waals surface area (Å²) in [6.07, 6.45) is 4.10. The van der Waals surface area contributed by atoms with Gasteiger partial charge >= 0.3 is 11.7 Å². The van der Waals surface area contributed by atoms with Gasteiger partial charge in [-0.3, -0.25) is 19.4 Å². The van der Waals surface area contributed by atoms with Crippen molar-refractivity contribution in [2.24, 2.45) is 17.6 Å². The second kappa shape index (κ2) is 6.91. The molecule has 2 unspecified atom stereocenters. The van der Waals surface area contributed by atoms with Crippen LogP contribution in [-0.4, -0.2) is 38.8 Å². The van der Waals surface area contributed by atoms with E-state index in [0.717, 1.165) is 23.3 Å². The lowest BCUT2D eigenvalue weighted by atomic mass is 9.89. The van der Waals surface area contributed by atoms with E-state index in [0.29, 0.717) is 29.5 Å². The van der Waals surface area contributed by atoms with Crippen molar-refractivity contribution in [1.29, 1.82) is 0 Å². The van der Waals surface area contributed by atoms with Gasteiger partial charge in [-0.25, -0.2) is 14.5 Å². The molecule has 10 heteroatoms. The Kier molecular flexibility index (Phi) is 4.37. The smallest absolute Gasteiger partial charge is 0.326 e. The van der Waals surface area contributed by atoms with E-state index in [1.807, 2.05) is 6.92 Å². The molecule has 1 aromatic carbocycles. The summed E-state index contributed by atoms with van der Waals surface area (Å²) in [4.78, 5) is 67.9. The van der Waals surface area contributed by atoms with Crippen LogP contribution in [0.15, 0.2) is 34.0 Å². The summed E-state index contributed by atoms with van der Waals surface area (Å²) in [5.41, 5.74) is 5.61. The van der Waals surface area contributed by atoms with Gasteiger partial charge in [0.1, 0.15) is 11.6 Å². The molecular weight excluding hydrogens is 414 g/mol. The van der Waals surface area contributed by atoms with Gasteiger partial charge in [-0.15, -0.1) is 0 Å². The molecule has 166 valence electrons. The number of H-pyrrole nitrogens is 2. The number of nitrogens with zero attached hydrogens (tertiary/aromatic N) is 1. The summed E-state index contributed by atoms with van der Waals surface area (Å²) >= 11 is 0. The van der Waals surface area contributed by atoms with Crippen molar-refractivity contribution in [3.05, 3.63) is 56.4 Å². The molecule has 0 bridgehead atoms. The maximum absolute atomic E-state index is 13.6. The number of aromatic amines is 2. The zero-order valence-electron chi connectivity index (χ0n) is 17.4. The fraction of sp³-hybridized carbons (Fsp3) is 0.409. The van der Waals surface area contributed by atoms with Crippen LogP contribution in [0.5, 0.6) is 0 Å². The molecule has 5 rings (SSSR count). The Balaban J connectivity index is 1.52. The zero-order valence-corrected chi connectivity index (χ0v) is 17.4. The Morgan fingerprint density at radius 3 is 2.62 bits per heavy atom. The first kappa shape index (κ1) is 20.2. The van der Waals surface area contributed by atoms with E-state index >= 15 is 0 Å². The number of nitrogens with one attached hydrogen (secondary N) is 3. The van der Waals surface area contributed by atoms with Crippen LogP contribution >= 0.6 is 0 Å². The van der Waals surface area contributed by atoms with Crippen molar-refractivity contribution < 1.29 is 14.4 Å². The Hall–Kier alpha value is -3.69. The van der Waals surface area contributed by atoms with E-state index in [1.165, 1.54) is 6.20 Å². The number of rotatable bonds is 5. The molecule has 2 fully saturated rings. The van der Waals surface area contributed by atoms with Gasteiger partial charge in [0.05, 0.1) is 5.56 Å². The van der Waals surface area contributed by atoms with Gasteiger partial charge in [0.15, 0.2) is 0 Å². The van der Waals surface area contributed by atoms with Crippen LogP contribution in [-0.2, 0) is 21.5 Å². The van der Waals surface area contributed by atoms with Crippen molar-refractivity contribution in [1.82, 2.24) is 20.2 Å². The highest BCUT2D eigenvalue weighted by molar-refractivity contribution is 6.10. The van der Waals surface area contributed by atoms with Crippen LogP contribution in [0, 0.1) is 11.8 Å². The van der Waals surface area contributed by atoms with Crippen LogP contribution in [0.3, 0.4) is 0 Å². The Morgan fingerprint density at radius 1 is 1.22 bits per heavy atom. The van der Waals surface area contributed by atoms with Gasteiger partial charge in [0, 0.05) is 6.20 Å². The van der Waals surface area contributed by atoms with Crippen molar-refractivity contribution >= 4 is 17.8 Å². The van der Waals surface area contributed by atoms with Crippen molar-refractivity contribution in [2.45, 2.75) is 44.2 Å². The van der Waals surface area contributed by atoms with E-state index in [1.54, 1.807) is 18.2 Å². The second-order valence-corrected chi connectivity index (χ2v) is 8.91. The number of nitrogens with two attached hydrogens (primary N) is 1. The molecular formula is C22H23N5O5. The first-order valence-electron chi connectivity index (χ1n) is 10.6. The number of fused-ring (bicyclic) bond motifs is 2. The number of hydrogen-bond donors (Lipinski definition) is 4. The Morgan fingerprint density at radius 2 is 1.97 bits per heavy atom. The maximum atomic E-state index is 13.6. The first-order valence-corrected chi connectivity index (χ1v) is 10.6. The van der Waals surface area contributed by atoms with E-state index in [9.17, 15) is 24.0 Å². The van der Waals surface area contributed by atoms with E-state index in [2.05, 4.69) is 15.3 Å². The fourth-order valence-corrected chi connectivity index (χ4v) is 5.17. The fourth-order valence-electron chi connectivity index (χ4n) is 5.17. The minimum atomic E-state index is -1.25. The number of primary amides is 1. The quantitative estimate of drug-likeness (QED) is 0.495. The molecule has 2 aliphatic carbocycles. The standard InChI is InChI=1S/C22H23N5O5/c1-10(11-2-3-11)16(17(23)28)27-19(30)22(26-21(27)32)7-6-13-8-12(4-5-15(13)22)14-9-24-20(31)25-18(14)29/h4-5,8-11,16H,2-3,6-7H2,1H3,(H2,23,28)(H,26,32)(H2,24,25,29,31)/t10-,16?,22?/m0/s1. The van der Waals surface area contributed by atoms with Gasteiger partial charge < -0.3 is 16.0 Å².